The zero-order chi connectivity index (χ0) is 20.2. The summed E-state index contributed by atoms with van der Waals surface area (Å²) in [5, 5.41) is 1.21. The standard InChI is InChI=1S/C23H27N3OS2/c1-25(14-17-9-11-19(28-2)12-10-17)22(27)16-26-13-5-6-18(15-26)23-24-20-7-3-4-8-21(20)29-23/h3-4,7-12,18H,5-6,13-16H2,1-2H3/t18-/m0/s1. The maximum Gasteiger partial charge on any atom is 0.236 e. The third kappa shape index (κ3) is 5.00. The molecule has 0 spiro atoms. The Kier molecular flexibility index (Phi) is 6.53. The van der Waals surface area contributed by atoms with Crippen LogP contribution < -0.4 is 0 Å². The largest absolute Gasteiger partial charge is 0.340 e. The van der Waals surface area contributed by atoms with Crippen molar-refractivity contribution in [2.45, 2.75) is 30.2 Å². The van der Waals surface area contributed by atoms with E-state index in [4.69, 9.17) is 4.98 Å². The number of amides is 1. The van der Waals surface area contributed by atoms with Crippen molar-refractivity contribution >= 4 is 39.2 Å². The van der Waals surface area contributed by atoms with Gasteiger partial charge in [-0.1, -0.05) is 24.3 Å². The van der Waals surface area contributed by atoms with Crippen LogP contribution in [0.25, 0.3) is 10.2 Å². The summed E-state index contributed by atoms with van der Waals surface area (Å²) in [7, 11) is 1.90. The maximum absolute atomic E-state index is 12.8. The third-order valence-electron chi connectivity index (χ3n) is 5.53. The van der Waals surface area contributed by atoms with Crippen LogP contribution in [0.3, 0.4) is 0 Å². The molecule has 0 bridgehead atoms. The maximum atomic E-state index is 12.8. The van der Waals surface area contributed by atoms with Gasteiger partial charge in [0, 0.05) is 31.0 Å². The molecule has 1 aliphatic rings. The summed E-state index contributed by atoms with van der Waals surface area (Å²) in [5.74, 6) is 0.613. The van der Waals surface area contributed by atoms with Crippen LogP contribution in [-0.4, -0.2) is 53.6 Å². The molecule has 4 rings (SSSR count). The van der Waals surface area contributed by atoms with E-state index in [2.05, 4.69) is 53.6 Å². The molecule has 1 amide bonds. The number of carbonyl (C=O) groups is 1. The van der Waals surface area contributed by atoms with Crippen molar-refractivity contribution in [3.63, 3.8) is 0 Å². The highest BCUT2D eigenvalue weighted by Gasteiger charge is 2.26. The van der Waals surface area contributed by atoms with Gasteiger partial charge in [0.25, 0.3) is 0 Å². The Hall–Kier alpha value is -1.89. The molecule has 0 N–H and O–H groups in total. The number of hydrogen-bond acceptors (Lipinski definition) is 5. The summed E-state index contributed by atoms with van der Waals surface area (Å²) >= 11 is 3.53. The highest BCUT2D eigenvalue weighted by atomic mass is 32.2. The molecule has 6 heteroatoms. The first-order valence-electron chi connectivity index (χ1n) is 10.1. The minimum absolute atomic E-state index is 0.184. The van der Waals surface area contributed by atoms with Gasteiger partial charge < -0.3 is 4.90 Å². The lowest BCUT2D eigenvalue weighted by molar-refractivity contribution is -0.131. The van der Waals surface area contributed by atoms with Gasteiger partial charge in [0.2, 0.25) is 5.91 Å². The summed E-state index contributed by atoms with van der Waals surface area (Å²) in [5.41, 5.74) is 2.26. The summed E-state index contributed by atoms with van der Waals surface area (Å²) < 4.78 is 1.25. The Morgan fingerprint density at radius 3 is 2.79 bits per heavy atom. The number of thiazole rings is 1. The van der Waals surface area contributed by atoms with Gasteiger partial charge >= 0.3 is 0 Å². The fraction of sp³-hybridized carbons (Fsp3) is 0.391. The van der Waals surface area contributed by atoms with E-state index in [-0.39, 0.29) is 5.91 Å². The van der Waals surface area contributed by atoms with Crippen LogP contribution in [0.15, 0.2) is 53.4 Å². The molecule has 1 atom stereocenters. The van der Waals surface area contributed by atoms with Crippen LogP contribution in [0.4, 0.5) is 0 Å². The zero-order valence-corrected chi connectivity index (χ0v) is 18.6. The molecular formula is C23H27N3OS2. The minimum atomic E-state index is 0.184. The second-order valence-corrected chi connectivity index (χ2v) is 9.63. The fourth-order valence-electron chi connectivity index (χ4n) is 3.87. The molecule has 1 saturated heterocycles. The Morgan fingerprint density at radius 2 is 2.03 bits per heavy atom. The van der Waals surface area contributed by atoms with Crippen LogP contribution in [-0.2, 0) is 11.3 Å². The molecule has 0 saturated carbocycles. The SMILES string of the molecule is CSc1ccc(CN(C)C(=O)CN2CCC[C@H](c3nc4ccccc4s3)C2)cc1. The number of fused-ring (bicyclic) bond motifs is 1. The van der Waals surface area contributed by atoms with Crippen LogP contribution in [0.1, 0.15) is 29.3 Å². The van der Waals surface area contributed by atoms with Crippen molar-refractivity contribution in [3.05, 3.63) is 59.1 Å². The molecule has 152 valence electrons. The highest BCUT2D eigenvalue weighted by Crippen LogP contribution is 2.32. The molecule has 1 aliphatic heterocycles. The molecule has 0 aliphatic carbocycles. The first kappa shape index (κ1) is 20.4. The minimum Gasteiger partial charge on any atom is -0.340 e. The number of aromatic nitrogens is 1. The summed E-state index contributed by atoms with van der Waals surface area (Å²) in [6, 6.07) is 16.8. The molecule has 1 aromatic heterocycles. The molecule has 1 fully saturated rings. The molecule has 2 heterocycles. The van der Waals surface area contributed by atoms with Gasteiger partial charge in [-0.2, -0.15) is 0 Å². The van der Waals surface area contributed by atoms with E-state index in [0.717, 1.165) is 31.4 Å². The van der Waals surface area contributed by atoms with Gasteiger partial charge in [-0.15, -0.1) is 23.1 Å². The quantitative estimate of drug-likeness (QED) is 0.529. The van der Waals surface area contributed by atoms with Crippen LogP contribution in [0.5, 0.6) is 0 Å². The van der Waals surface area contributed by atoms with Gasteiger partial charge in [-0.05, 0) is 55.5 Å². The average molecular weight is 426 g/mol. The van der Waals surface area contributed by atoms with Crippen LogP contribution in [0, 0.1) is 0 Å². The molecule has 0 radical (unpaired) electrons. The second-order valence-electron chi connectivity index (χ2n) is 7.69. The van der Waals surface area contributed by atoms with E-state index in [9.17, 15) is 4.79 Å². The summed E-state index contributed by atoms with van der Waals surface area (Å²) in [6.07, 6.45) is 4.35. The van der Waals surface area contributed by atoms with Gasteiger partial charge in [-0.3, -0.25) is 9.69 Å². The van der Waals surface area contributed by atoms with Crippen LogP contribution in [0.2, 0.25) is 0 Å². The van der Waals surface area contributed by atoms with Gasteiger partial charge in [0.1, 0.15) is 0 Å². The first-order valence-corrected chi connectivity index (χ1v) is 12.1. The van der Waals surface area contributed by atoms with Gasteiger partial charge in [-0.25, -0.2) is 4.98 Å². The topological polar surface area (TPSA) is 36.4 Å². The number of likely N-dealkylation sites (tertiary alicyclic amines) is 1. The van der Waals surface area contributed by atoms with Crippen molar-refractivity contribution in [2.75, 3.05) is 32.9 Å². The number of piperidine rings is 1. The number of hydrogen-bond donors (Lipinski definition) is 0. The number of rotatable bonds is 6. The molecule has 2 aromatic carbocycles. The first-order chi connectivity index (χ1) is 14.1. The lowest BCUT2D eigenvalue weighted by Gasteiger charge is -2.32. The molecule has 4 nitrogen and oxygen atoms in total. The lowest BCUT2D eigenvalue weighted by Crippen LogP contribution is -2.42. The van der Waals surface area contributed by atoms with E-state index >= 15 is 0 Å². The van der Waals surface area contributed by atoms with Gasteiger partial charge in [0.05, 0.1) is 21.8 Å². The molecular weight excluding hydrogens is 398 g/mol. The molecule has 29 heavy (non-hydrogen) atoms. The van der Waals surface area contributed by atoms with Crippen molar-refractivity contribution < 1.29 is 4.79 Å². The Morgan fingerprint density at radius 1 is 1.24 bits per heavy atom. The predicted molar refractivity (Wildman–Crippen MR) is 123 cm³/mol. The van der Waals surface area contributed by atoms with Crippen molar-refractivity contribution in [2.24, 2.45) is 0 Å². The number of carbonyl (C=O) groups excluding carboxylic acids is 1. The molecule has 3 aromatic rings. The number of thioether (sulfide) groups is 1. The number of benzene rings is 2. The Bertz CT molecular complexity index is 937. The van der Waals surface area contributed by atoms with Crippen molar-refractivity contribution in [3.8, 4) is 0 Å². The zero-order valence-electron chi connectivity index (χ0n) is 17.0. The summed E-state index contributed by atoms with van der Waals surface area (Å²) in [6.45, 7) is 3.05. The third-order valence-corrected chi connectivity index (χ3v) is 7.47. The monoisotopic (exact) mass is 425 g/mol. The normalized spacial score (nSPS) is 17.5. The number of likely N-dealkylation sites (N-methyl/N-ethyl adjacent to an activating group) is 1. The van der Waals surface area contributed by atoms with E-state index in [1.165, 1.54) is 20.2 Å². The van der Waals surface area contributed by atoms with E-state index in [0.29, 0.717) is 19.0 Å². The van der Waals surface area contributed by atoms with E-state index in [1.54, 1.807) is 23.1 Å². The van der Waals surface area contributed by atoms with Crippen molar-refractivity contribution in [1.82, 2.24) is 14.8 Å². The van der Waals surface area contributed by atoms with Crippen molar-refractivity contribution in [1.29, 1.82) is 0 Å². The van der Waals surface area contributed by atoms with Gasteiger partial charge in [0.15, 0.2) is 0 Å². The van der Waals surface area contributed by atoms with E-state index < -0.39 is 0 Å². The summed E-state index contributed by atoms with van der Waals surface area (Å²) in [4.78, 5) is 23.0. The lowest BCUT2D eigenvalue weighted by atomic mass is 9.98. The van der Waals surface area contributed by atoms with E-state index in [1.807, 2.05) is 18.0 Å². The van der Waals surface area contributed by atoms with Crippen LogP contribution >= 0.6 is 23.1 Å². The smallest absolute Gasteiger partial charge is 0.236 e. The fourth-order valence-corrected chi connectivity index (χ4v) is 5.37. The predicted octanol–water partition coefficient (Wildman–Crippen LogP) is 4.86. The molecule has 0 unspecified atom stereocenters. The Balaban J connectivity index is 1.34. The highest BCUT2D eigenvalue weighted by molar-refractivity contribution is 7.98. The Labute approximate surface area is 180 Å². The number of nitrogens with zero attached hydrogens (tertiary/aromatic N) is 3. The number of para-hydroxylation sites is 1. The average Bonchev–Trinajstić information content (AvgIpc) is 3.19. The second kappa shape index (κ2) is 9.28.